The molecule has 0 amide bonds. The quantitative estimate of drug-likeness (QED) is 0.108. The van der Waals surface area contributed by atoms with E-state index in [0.29, 0.717) is 13.2 Å². The van der Waals surface area contributed by atoms with E-state index in [2.05, 4.69) is 20.8 Å². The Morgan fingerprint density at radius 2 is 0.938 bits per heavy atom. The Morgan fingerprint density at radius 3 is 1.44 bits per heavy atom. The second-order valence-corrected chi connectivity index (χ2v) is 9.38. The van der Waals surface area contributed by atoms with E-state index in [9.17, 15) is 9.59 Å². The van der Waals surface area contributed by atoms with Crippen LogP contribution in [0.15, 0.2) is 0 Å². The number of carbonyl (C=O) groups is 2. The molecule has 0 saturated carbocycles. The minimum absolute atomic E-state index is 0.166. The molecule has 0 aliphatic carbocycles. The van der Waals surface area contributed by atoms with E-state index in [1.54, 1.807) is 0 Å². The number of hydrogen-bond acceptors (Lipinski definition) is 4. The molecule has 0 aliphatic heterocycles. The van der Waals surface area contributed by atoms with Crippen molar-refractivity contribution in [2.75, 3.05) is 13.2 Å². The first-order valence-electron chi connectivity index (χ1n) is 14.0. The third-order valence-corrected chi connectivity index (χ3v) is 6.16. The molecule has 0 aromatic carbocycles. The minimum Gasteiger partial charge on any atom is -0.466 e. The summed E-state index contributed by atoms with van der Waals surface area (Å²) in [6, 6.07) is 0. The van der Waals surface area contributed by atoms with E-state index in [0.717, 1.165) is 44.9 Å². The van der Waals surface area contributed by atoms with Gasteiger partial charge in [0.05, 0.1) is 25.6 Å². The second kappa shape index (κ2) is 24.6. The molecule has 4 nitrogen and oxygen atoms in total. The topological polar surface area (TPSA) is 52.6 Å². The molecule has 0 rings (SSSR count). The SMILES string of the molecule is CCCCCCCCCCCCC(CC(=O)OCCCCCC)C(=O)OCCCCCC. The molecule has 1 atom stereocenters. The number of hydrogen-bond donors (Lipinski definition) is 0. The molecular weight excluding hydrogens is 400 g/mol. The molecule has 0 spiro atoms. The van der Waals surface area contributed by atoms with Crippen molar-refractivity contribution < 1.29 is 19.1 Å². The molecule has 0 heterocycles. The van der Waals surface area contributed by atoms with Crippen molar-refractivity contribution in [3.8, 4) is 0 Å². The molecule has 0 bridgehead atoms. The predicted molar refractivity (Wildman–Crippen MR) is 135 cm³/mol. The van der Waals surface area contributed by atoms with Crippen LogP contribution in [-0.4, -0.2) is 25.2 Å². The third-order valence-electron chi connectivity index (χ3n) is 6.16. The minimum atomic E-state index is -0.349. The number of ether oxygens (including phenoxy) is 2. The lowest BCUT2D eigenvalue weighted by Crippen LogP contribution is -2.23. The van der Waals surface area contributed by atoms with Gasteiger partial charge in [0.15, 0.2) is 0 Å². The first kappa shape index (κ1) is 30.9. The summed E-state index contributed by atoms with van der Waals surface area (Å²) < 4.78 is 10.9. The van der Waals surface area contributed by atoms with Gasteiger partial charge in [-0.05, 0) is 19.3 Å². The van der Waals surface area contributed by atoms with Crippen molar-refractivity contribution in [2.24, 2.45) is 5.92 Å². The van der Waals surface area contributed by atoms with Crippen molar-refractivity contribution in [3.63, 3.8) is 0 Å². The largest absolute Gasteiger partial charge is 0.466 e. The summed E-state index contributed by atoms with van der Waals surface area (Å²) in [5, 5.41) is 0. The zero-order chi connectivity index (χ0) is 23.7. The molecule has 0 aromatic rings. The van der Waals surface area contributed by atoms with E-state index >= 15 is 0 Å². The van der Waals surface area contributed by atoms with Crippen LogP contribution in [-0.2, 0) is 19.1 Å². The Hall–Kier alpha value is -1.06. The summed E-state index contributed by atoms with van der Waals surface area (Å²) in [5.74, 6) is -0.805. The molecule has 0 aromatic heterocycles. The molecule has 0 N–H and O–H groups in total. The maximum absolute atomic E-state index is 12.6. The number of unbranched alkanes of at least 4 members (excludes halogenated alkanes) is 15. The summed E-state index contributed by atoms with van der Waals surface area (Å²) in [7, 11) is 0. The van der Waals surface area contributed by atoms with Crippen molar-refractivity contribution >= 4 is 11.9 Å². The highest BCUT2D eigenvalue weighted by Crippen LogP contribution is 2.19. The monoisotopic (exact) mass is 454 g/mol. The van der Waals surface area contributed by atoms with Gasteiger partial charge in [-0.3, -0.25) is 9.59 Å². The van der Waals surface area contributed by atoms with Gasteiger partial charge in [-0.15, -0.1) is 0 Å². The fourth-order valence-corrected chi connectivity index (χ4v) is 3.98. The zero-order valence-corrected chi connectivity index (χ0v) is 21.8. The molecule has 32 heavy (non-hydrogen) atoms. The Labute approximate surface area is 199 Å². The van der Waals surface area contributed by atoms with E-state index in [1.807, 2.05) is 0 Å². The van der Waals surface area contributed by atoms with Crippen LogP contribution in [0.5, 0.6) is 0 Å². The molecule has 0 fully saturated rings. The molecule has 0 saturated heterocycles. The molecule has 0 radical (unpaired) electrons. The Balaban J connectivity index is 4.17. The Bertz CT molecular complexity index is 422. The number of carbonyl (C=O) groups excluding carboxylic acids is 2. The van der Waals surface area contributed by atoms with Crippen LogP contribution >= 0.6 is 0 Å². The fourth-order valence-electron chi connectivity index (χ4n) is 3.98. The summed E-state index contributed by atoms with van der Waals surface area (Å²) in [5.41, 5.74) is 0. The van der Waals surface area contributed by atoms with Gasteiger partial charge in [0.25, 0.3) is 0 Å². The van der Waals surface area contributed by atoms with Crippen LogP contribution in [0.3, 0.4) is 0 Å². The lowest BCUT2D eigenvalue weighted by Gasteiger charge is -2.16. The molecule has 4 heteroatoms. The Morgan fingerprint density at radius 1 is 0.531 bits per heavy atom. The van der Waals surface area contributed by atoms with Crippen molar-refractivity contribution in [2.45, 2.75) is 149 Å². The maximum atomic E-state index is 12.6. The average molecular weight is 455 g/mol. The predicted octanol–water partition coefficient (Wildman–Crippen LogP) is 8.55. The van der Waals surface area contributed by atoms with Gasteiger partial charge in [-0.1, -0.05) is 124 Å². The van der Waals surface area contributed by atoms with E-state index in [1.165, 1.54) is 77.0 Å². The second-order valence-electron chi connectivity index (χ2n) is 9.38. The van der Waals surface area contributed by atoms with E-state index < -0.39 is 0 Å². The van der Waals surface area contributed by atoms with Crippen LogP contribution < -0.4 is 0 Å². The number of rotatable bonds is 24. The van der Waals surface area contributed by atoms with Crippen molar-refractivity contribution in [3.05, 3.63) is 0 Å². The molecule has 190 valence electrons. The average Bonchev–Trinajstić information content (AvgIpc) is 2.79. The standard InChI is InChI=1S/C28H54O4/c1-4-7-10-13-14-15-16-17-18-19-22-26(28(30)32-24-21-12-9-6-3)25-27(29)31-23-20-11-8-5-2/h26H,4-25H2,1-3H3. The zero-order valence-electron chi connectivity index (χ0n) is 21.8. The van der Waals surface area contributed by atoms with Gasteiger partial charge in [-0.25, -0.2) is 0 Å². The van der Waals surface area contributed by atoms with Gasteiger partial charge in [0.1, 0.15) is 0 Å². The van der Waals surface area contributed by atoms with Crippen LogP contribution in [0, 0.1) is 5.92 Å². The van der Waals surface area contributed by atoms with Crippen LogP contribution in [0.25, 0.3) is 0 Å². The normalized spacial score (nSPS) is 12.0. The first-order valence-corrected chi connectivity index (χ1v) is 14.0. The summed E-state index contributed by atoms with van der Waals surface area (Å²) in [6.45, 7) is 7.53. The highest BCUT2D eigenvalue weighted by atomic mass is 16.5. The van der Waals surface area contributed by atoms with Gasteiger partial charge < -0.3 is 9.47 Å². The van der Waals surface area contributed by atoms with Gasteiger partial charge in [0, 0.05) is 0 Å². The lowest BCUT2D eigenvalue weighted by molar-refractivity contribution is -0.155. The first-order chi connectivity index (χ1) is 15.7. The summed E-state index contributed by atoms with van der Waals surface area (Å²) in [4.78, 5) is 24.8. The smallest absolute Gasteiger partial charge is 0.309 e. The fraction of sp³-hybridized carbons (Fsp3) is 0.929. The molecule has 0 aliphatic rings. The van der Waals surface area contributed by atoms with Crippen molar-refractivity contribution in [1.82, 2.24) is 0 Å². The van der Waals surface area contributed by atoms with Crippen LogP contribution in [0.1, 0.15) is 149 Å². The maximum Gasteiger partial charge on any atom is 0.309 e. The Kier molecular flexibility index (Phi) is 23.8. The summed E-state index contributed by atoms with van der Waals surface area (Å²) in [6.07, 6.45) is 22.2. The number of esters is 2. The lowest BCUT2D eigenvalue weighted by atomic mass is 9.97. The van der Waals surface area contributed by atoms with E-state index in [-0.39, 0.29) is 24.3 Å². The molecular formula is C28H54O4. The van der Waals surface area contributed by atoms with E-state index in [4.69, 9.17) is 9.47 Å². The van der Waals surface area contributed by atoms with Crippen LogP contribution in [0.2, 0.25) is 0 Å². The van der Waals surface area contributed by atoms with Gasteiger partial charge >= 0.3 is 11.9 Å². The van der Waals surface area contributed by atoms with Gasteiger partial charge in [-0.2, -0.15) is 0 Å². The highest BCUT2D eigenvalue weighted by molar-refractivity contribution is 5.79. The van der Waals surface area contributed by atoms with Crippen LogP contribution in [0.4, 0.5) is 0 Å². The van der Waals surface area contributed by atoms with Crippen molar-refractivity contribution in [1.29, 1.82) is 0 Å². The third kappa shape index (κ3) is 20.8. The highest BCUT2D eigenvalue weighted by Gasteiger charge is 2.23. The molecule has 1 unspecified atom stereocenters. The summed E-state index contributed by atoms with van der Waals surface area (Å²) >= 11 is 0. The van der Waals surface area contributed by atoms with Gasteiger partial charge in [0.2, 0.25) is 0 Å².